The minimum atomic E-state index is -0.0878. The summed E-state index contributed by atoms with van der Waals surface area (Å²) in [6.45, 7) is 4.63. The molecule has 0 atom stereocenters. The van der Waals surface area contributed by atoms with Crippen molar-refractivity contribution in [1.82, 2.24) is 14.5 Å². The predicted molar refractivity (Wildman–Crippen MR) is 102 cm³/mol. The van der Waals surface area contributed by atoms with E-state index >= 15 is 0 Å². The smallest absolute Gasteiger partial charge is 0.256 e. The van der Waals surface area contributed by atoms with Gasteiger partial charge in [0, 0.05) is 17.0 Å². The summed E-state index contributed by atoms with van der Waals surface area (Å²) >= 11 is 0. The van der Waals surface area contributed by atoms with Crippen LogP contribution in [0.1, 0.15) is 36.7 Å². The number of benzene rings is 1. The fourth-order valence-corrected chi connectivity index (χ4v) is 2.92. The van der Waals surface area contributed by atoms with Gasteiger partial charge >= 0.3 is 0 Å². The number of nitrogen functional groups attached to an aromatic ring is 1. The first-order valence-electron chi connectivity index (χ1n) is 8.67. The summed E-state index contributed by atoms with van der Waals surface area (Å²) in [5.41, 5.74) is 10.5. The topological polar surface area (TPSA) is 76.7 Å². The molecule has 0 unspecified atom stereocenters. The average Bonchev–Trinajstić information content (AvgIpc) is 2.93. The second-order valence-corrected chi connectivity index (χ2v) is 6.37. The Hall–Kier alpha value is -2.82. The van der Waals surface area contributed by atoms with E-state index in [1.165, 1.54) is 18.4 Å². The summed E-state index contributed by atoms with van der Waals surface area (Å²) < 4.78 is 1.87. The minimum absolute atomic E-state index is 0.0878. The molecule has 5 heteroatoms. The number of aryl methyl sites for hydroxylation is 2. The Bertz CT molecular complexity index is 887. The zero-order valence-corrected chi connectivity index (χ0v) is 14.7. The van der Waals surface area contributed by atoms with Gasteiger partial charge in [-0.1, -0.05) is 37.6 Å². The van der Waals surface area contributed by atoms with Crippen molar-refractivity contribution in [3.8, 4) is 11.1 Å². The number of H-pyrrole nitrogens is 1. The summed E-state index contributed by atoms with van der Waals surface area (Å²) in [7, 11) is 0. The van der Waals surface area contributed by atoms with E-state index in [1.54, 1.807) is 6.20 Å². The van der Waals surface area contributed by atoms with Gasteiger partial charge in [-0.25, -0.2) is 4.98 Å². The highest BCUT2D eigenvalue weighted by Crippen LogP contribution is 2.18. The van der Waals surface area contributed by atoms with Crippen molar-refractivity contribution < 1.29 is 0 Å². The maximum Gasteiger partial charge on any atom is 0.256 e. The Labute approximate surface area is 147 Å². The summed E-state index contributed by atoms with van der Waals surface area (Å²) in [5.74, 6) is 0.449. The third-order valence-corrected chi connectivity index (χ3v) is 4.47. The van der Waals surface area contributed by atoms with Crippen LogP contribution in [0, 0.1) is 6.92 Å². The highest BCUT2D eigenvalue weighted by Gasteiger charge is 2.08. The number of nitrogens with one attached hydrogen (secondary N) is 1. The lowest BCUT2D eigenvalue weighted by atomic mass is 10.0. The largest absolute Gasteiger partial charge is 0.369 e. The van der Waals surface area contributed by atoms with Crippen LogP contribution in [0.25, 0.3) is 11.1 Å². The number of unbranched alkanes of at least 4 members (excludes halogenated alkanes) is 1. The van der Waals surface area contributed by atoms with Crippen molar-refractivity contribution in [3.63, 3.8) is 0 Å². The molecule has 2 heterocycles. The van der Waals surface area contributed by atoms with Crippen LogP contribution in [0.15, 0.2) is 47.4 Å². The van der Waals surface area contributed by atoms with Gasteiger partial charge in [-0.15, -0.1) is 0 Å². The zero-order valence-electron chi connectivity index (χ0n) is 14.7. The van der Waals surface area contributed by atoms with Gasteiger partial charge in [0.05, 0.1) is 12.7 Å². The molecule has 0 bridgehead atoms. The molecule has 0 amide bonds. The van der Waals surface area contributed by atoms with E-state index in [4.69, 9.17) is 5.73 Å². The van der Waals surface area contributed by atoms with Gasteiger partial charge in [0.25, 0.3) is 5.56 Å². The summed E-state index contributed by atoms with van der Waals surface area (Å²) in [4.78, 5) is 19.5. The standard InChI is InChI=1S/C20H24N4O/c1-3-4-5-15-6-8-16(9-7-15)18-11-10-17(23-19(18)25)13-24-14(2)12-22-20(24)21/h6-12H,3-5,13H2,1-2H3,(H2,21,22)(H,23,25). The van der Waals surface area contributed by atoms with E-state index < -0.39 is 0 Å². The second kappa shape index (κ2) is 7.38. The second-order valence-electron chi connectivity index (χ2n) is 6.37. The molecule has 0 fully saturated rings. The van der Waals surface area contributed by atoms with Gasteiger partial charge < -0.3 is 15.3 Å². The SMILES string of the molecule is CCCCc1ccc(-c2ccc(Cn3c(C)cnc3N)[nH]c2=O)cc1. The molecule has 0 saturated heterocycles. The van der Waals surface area contributed by atoms with Crippen LogP contribution in [-0.2, 0) is 13.0 Å². The van der Waals surface area contributed by atoms with Crippen LogP contribution >= 0.6 is 0 Å². The van der Waals surface area contributed by atoms with E-state index in [1.807, 2.05) is 35.8 Å². The molecule has 3 rings (SSSR count). The first-order valence-corrected chi connectivity index (χ1v) is 8.67. The number of rotatable bonds is 6. The number of hydrogen-bond acceptors (Lipinski definition) is 3. The molecule has 3 N–H and O–H groups in total. The monoisotopic (exact) mass is 336 g/mol. The van der Waals surface area contributed by atoms with E-state index in [9.17, 15) is 4.79 Å². The quantitative estimate of drug-likeness (QED) is 0.723. The van der Waals surface area contributed by atoms with E-state index in [2.05, 4.69) is 29.0 Å². The molecule has 3 aromatic rings. The number of imidazole rings is 1. The van der Waals surface area contributed by atoms with Gasteiger partial charge in [0.15, 0.2) is 0 Å². The Morgan fingerprint density at radius 3 is 2.52 bits per heavy atom. The highest BCUT2D eigenvalue weighted by atomic mass is 16.1. The van der Waals surface area contributed by atoms with Crippen molar-refractivity contribution in [2.45, 2.75) is 39.7 Å². The van der Waals surface area contributed by atoms with Gasteiger partial charge in [-0.05, 0) is 43.0 Å². The summed E-state index contributed by atoms with van der Waals surface area (Å²) in [5, 5.41) is 0. The van der Waals surface area contributed by atoms with E-state index in [0.717, 1.165) is 23.4 Å². The Morgan fingerprint density at radius 1 is 1.16 bits per heavy atom. The number of hydrogen-bond donors (Lipinski definition) is 2. The van der Waals surface area contributed by atoms with Gasteiger partial charge in [-0.3, -0.25) is 4.79 Å². The maximum absolute atomic E-state index is 12.5. The van der Waals surface area contributed by atoms with Crippen molar-refractivity contribution in [2.75, 3.05) is 5.73 Å². The number of pyridine rings is 1. The molecule has 130 valence electrons. The number of aromatic nitrogens is 3. The minimum Gasteiger partial charge on any atom is -0.369 e. The molecule has 0 radical (unpaired) electrons. The van der Waals surface area contributed by atoms with Crippen molar-refractivity contribution in [2.24, 2.45) is 0 Å². The molecule has 0 aliphatic carbocycles. The fourth-order valence-electron chi connectivity index (χ4n) is 2.92. The zero-order chi connectivity index (χ0) is 17.8. The van der Waals surface area contributed by atoms with Crippen LogP contribution in [-0.4, -0.2) is 14.5 Å². The lowest BCUT2D eigenvalue weighted by Crippen LogP contribution is -2.14. The third-order valence-electron chi connectivity index (χ3n) is 4.47. The molecular formula is C20H24N4O. The lowest BCUT2D eigenvalue weighted by Gasteiger charge is -2.09. The number of aromatic amines is 1. The molecule has 0 saturated carbocycles. The summed E-state index contributed by atoms with van der Waals surface area (Å²) in [6, 6.07) is 12.1. The number of anilines is 1. The van der Waals surface area contributed by atoms with E-state index in [0.29, 0.717) is 18.1 Å². The maximum atomic E-state index is 12.5. The third kappa shape index (κ3) is 3.82. The molecule has 0 aliphatic rings. The predicted octanol–water partition coefficient (Wildman–Crippen LogP) is 3.52. The van der Waals surface area contributed by atoms with Crippen molar-refractivity contribution >= 4 is 5.95 Å². The van der Waals surface area contributed by atoms with Crippen LogP contribution in [0.2, 0.25) is 0 Å². The Balaban J connectivity index is 1.81. The molecule has 25 heavy (non-hydrogen) atoms. The first kappa shape index (κ1) is 17.0. The fraction of sp³-hybridized carbons (Fsp3) is 0.300. The molecule has 2 aromatic heterocycles. The molecular weight excluding hydrogens is 312 g/mol. The van der Waals surface area contributed by atoms with Gasteiger partial charge in [-0.2, -0.15) is 0 Å². The normalized spacial score (nSPS) is 11.0. The van der Waals surface area contributed by atoms with Gasteiger partial charge in [0.1, 0.15) is 0 Å². The van der Waals surface area contributed by atoms with Crippen LogP contribution < -0.4 is 11.3 Å². The van der Waals surface area contributed by atoms with Crippen LogP contribution in [0.5, 0.6) is 0 Å². The van der Waals surface area contributed by atoms with Crippen LogP contribution in [0.4, 0.5) is 5.95 Å². The summed E-state index contributed by atoms with van der Waals surface area (Å²) in [6.07, 6.45) is 5.18. The van der Waals surface area contributed by atoms with Crippen LogP contribution in [0.3, 0.4) is 0 Å². The number of nitrogens with zero attached hydrogens (tertiary/aromatic N) is 2. The molecule has 5 nitrogen and oxygen atoms in total. The highest BCUT2D eigenvalue weighted by molar-refractivity contribution is 5.62. The van der Waals surface area contributed by atoms with Crippen molar-refractivity contribution in [1.29, 1.82) is 0 Å². The molecule has 0 aliphatic heterocycles. The average molecular weight is 336 g/mol. The van der Waals surface area contributed by atoms with Crippen molar-refractivity contribution in [3.05, 3.63) is 69.9 Å². The number of nitrogens with two attached hydrogens (primary N) is 1. The first-order chi connectivity index (χ1) is 12.1. The molecule has 0 spiro atoms. The van der Waals surface area contributed by atoms with Gasteiger partial charge in [0.2, 0.25) is 5.95 Å². The molecule has 1 aromatic carbocycles. The van der Waals surface area contributed by atoms with E-state index in [-0.39, 0.29) is 5.56 Å². The Morgan fingerprint density at radius 2 is 1.92 bits per heavy atom. The lowest BCUT2D eigenvalue weighted by molar-refractivity contribution is 0.758. The Kier molecular flexibility index (Phi) is 5.03.